The SMILES string of the molecule is COc1cc(C2CC(=O)C3C4C=CC56C#CCC7NC89CCC3(O)C(C7C#CC2Cc2ccccc2)C82c3cc(O)c(O)cc3C3CC2C27CC38CCCC8C=C2C2CC(O)C3=CC2=C(C#CCC2CCC8(CCCC8)C2(CC5O)c2cc(cc4c26)C3)C7C9)c(CO)cc1O. The van der Waals surface area contributed by atoms with Gasteiger partial charge >= 0.3 is 0 Å². The molecule has 10 nitrogen and oxygen atoms in total. The van der Waals surface area contributed by atoms with E-state index < -0.39 is 93.2 Å². The number of ether oxygens (including phenoxy) is 1. The van der Waals surface area contributed by atoms with Gasteiger partial charge in [-0.05, 0) is 216 Å². The zero-order valence-corrected chi connectivity index (χ0v) is 54.3. The molecule has 1 heterocycles. The number of fused-ring (bicyclic) bond motifs is 9. The second-order valence-corrected chi connectivity index (χ2v) is 33.9. The van der Waals surface area contributed by atoms with Crippen LogP contribution in [-0.2, 0) is 40.5 Å². The maximum Gasteiger partial charge on any atom is 0.160 e. The first-order chi connectivity index (χ1) is 46.1. The van der Waals surface area contributed by atoms with Gasteiger partial charge in [-0.2, -0.15) is 0 Å². The Balaban J connectivity index is 0.956. The Morgan fingerprint density at radius 1 is 0.811 bits per heavy atom. The van der Waals surface area contributed by atoms with Crippen LogP contribution in [0.1, 0.15) is 190 Å². The van der Waals surface area contributed by atoms with E-state index in [-0.39, 0.29) is 88.0 Å². The number of rotatable bonds is 5. The largest absolute Gasteiger partial charge is 0.504 e. The monoisotopic (exact) mass is 1260 g/mol. The molecular weight excluding hydrogens is 1180 g/mol. The first-order valence-electron chi connectivity index (χ1n) is 36.6. The number of carbonyl (C=O) groups excluding carboxylic acids is 1. The number of carbonyl (C=O) groups is 1. The summed E-state index contributed by atoms with van der Waals surface area (Å²) in [5.41, 5.74) is 7.41. The summed E-state index contributed by atoms with van der Waals surface area (Å²) in [7, 11) is 1.53. The molecule has 0 aromatic heterocycles. The lowest BCUT2D eigenvalue weighted by atomic mass is 9.23. The molecule has 6 saturated carbocycles. The quantitative estimate of drug-likeness (QED) is 0.0545. The lowest BCUT2D eigenvalue weighted by Gasteiger charge is -2.82. The van der Waals surface area contributed by atoms with E-state index in [0.29, 0.717) is 62.5 Å². The minimum atomic E-state index is -1.80. The third-order valence-corrected chi connectivity index (χ3v) is 31.3. The molecule has 15 bridgehead atoms. The summed E-state index contributed by atoms with van der Waals surface area (Å²) >= 11 is 0. The van der Waals surface area contributed by atoms with Gasteiger partial charge in [0.15, 0.2) is 23.0 Å². The fourth-order valence-electron chi connectivity index (χ4n) is 28.5. The molecule has 0 amide bonds. The van der Waals surface area contributed by atoms with Gasteiger partial charge in [0, 0.05) is 94.1 Å². The molecule has 484 valence electrons. The van der Waals surface area contributed by atoms with Crippen molar-refractivity contribution in [3.8, 4) is 58.5 Å². The number of hydrogen-bond acceptors (Lipinski definition) is 10. The Morgan fingerprint density at radius 3 is 2.51 bits per heavy atom. The van der Waals surface area contributed by atoms with Gasteiger partial charge in [0.05, 0.1) is 37.4 Å². The minimum absolute atomic E-state index is 0.0295. The third kappa shape index (κ3) is 6.62. The number of ketones is 1. The molecular formula is C85H85NO9. The molecule has 4 aromatic rings. The molecule has 95 heavy (non-hydrogen) atoms. The van der Waals surface area contributed by atoms with E-state index in [1.807, 2.05) is 30.3 Å². The number of allylic oxidation sites excluding steroid dienone is 6. The van der Waals surface area contributed by atoms with Crippen molar-refractivity contribution in [2.45, 2.75) is 205 Å². The third-order valence-electron chi connectivity index (χ3n) is 31.3. The number of aliphatic hydroxyl groups is 4. The van der Waals surface area contributed by atoms with Gasteiger partial charge in [0.2, 0.25) is 0 Å². The first kappa shape index (κ1) is 57.3. The number of nitrogens with one attached hydrogen (secondary N) is 1. The van der Waals surface area contributed by atoms with Crippen LogP contribution in [0.4, 0.5) is 0 Å². The Morgan fingerprint density at radius 2 is 1.66 bits per heavy atom. The van der Waals surface area contributed by atoms with Crippen LogP contribution in [0.25, 0.3) is 0 Å². The van der Waals surface area contributed by atoms with Crippen molar-refractivity contribution in [3.63, 3.8) is 0 Å². The highest BCUT2D eigenvalue weighted by atomic mass is 16.5. The summed E-state index contributed by atoms with van der Waals surface area (Å²) in [6.07, 6.45) is 23.8. The Kier molecular flexibility index (Phi) is 11.4. The molecule has 0 radical (unpaired) electrons. The van der Waals surface area contributed by atoms with Gasteiger partial charge in [-0.3, -0.25) is 4.79 Å². The minimum Gasteiger partial charge on any atom is -0.504 e. The molecule has 4 aromatic carbocycles. The number of benzene rings is 4. The Labute approximate surface area is 556 Å². The van der Waals surface area contributed by atoms with E-state index in [2.05, 4.69) is 84.1 Å². The molecule has 8 N–H and O–H groups in total. The maximum absolute atomic E-state index is 18.2. The van der Waals surface area contributed by atoms with Gasteiger partial charge in [-0.1, -0.05) is 121 Å². The zero-order chi connectivity index (χ0) is 63.9. The van der Waals surface area contributed by atoms with E-state index in [0.717, 1.165) is 110 Å². The van der Waals surface area contributed by atoms with Crippen LogP contribution in [0.15, 0.2) is 113 Å². The summed E-state index contributed by atoms with van der Waals surface area (Å²) in [5.74, 6) is 20.2. The van der Waals surface area contributed by atoms with Gasteiger partial charge < -0.3 is 45.8 Å². The van der Waals surface area contributed by atoms with Crippen molar-refractivity contribution in [1.82, 2.24) is 5.32 Å². The van der Waals surface area contributed by atoms with E-state index >= 15 is 9.90 Å². The molecule has 1 saturated heterocycles. The highest BCUT2D eigenvalue weighted by molar-refractivity contribution is 5.86. The molecule has 22 unspecified atom stereocenters. The first-order valence-corrected chi connectivity index (χ1v) is 36.6. The molecule has 1 aliphatic heterocycles. The topological polar surface area (TPSA) is 180 Å². The second-order valence-electron chi connectivity index (χ2n) is 33.9. The average Bonchev–Trinajstić information content (AvgIpc) is 1.10. The van der Waals surface area contributed by atoms with Crippen LogP contribution in [0, 0.1) is 105 Å². The standard InChI is InChI=1S/C85H85NO9/c1-95-72-38-56(49(43-87)33-70(72)91)55-35-71(92)76-53-19-25-79-22-9-15-66-54(17-16-47(55)28-45-10-3-2-4-11-45)77-84(76,94)27-26-81(86-66)41-65-52-14-7-12-50-18-24-78(20-5-6-21-78)83(50,42-74(79)93)64-31-46(30-59(53)75(64)79)29-48-32-57(52)58(36-67(48)88)62-34-51-13-8-23-80(51)44-82(62,65)73-40-61(80)60-37-68(89)69(90)39-63(60)85(73,77)81/h2-4,10-11,19,25,30-34,37-39,47,50-51,53-55,58,61,65-67,73-74,76-77,86-91,93-94H,5-6,8,12-13,15,18,20-21,23-24,26-29,35-36,40-44H2,1H3. The second kappa shape index (κ2) is 18.9. The van der Waals surface area contributed by atoms with Crippen LogP contribution in [-0.4, -0.2) is 78.0 Å². The number of aliphatic hydroxyl groups excluding tert-OH is 3. The van der Waals surface area contributed by atoms with E-state index in [1.165, 1.54) is 29.4 Å². The molecule has 15 aliphatic carbocycles. The van der Waals surface area contributed by atoms with Crippen molar-refractivity contribution < 1.29 is 45.3 Å². The van der Waals surface area contributed by atoms with Gasteiger partial charge in [-0.25, -0.2) is 0 Å². The fraction of sp³-hybridized carbons (Fsp3) is 0.541. The van der Waals surface area contributed by atoms with Crippen LogP contribution in [0.5, 0.6) is 23.0 Å². The van der Waals surface area contributed by atoms with Crippen molar-refractivity contribution in [3.05, 3.63) is 163 Å². The summed E-state index contributed by atoms with van der Waals surface area (Å²) in [6, 6.07) is 22.0. The predicted octanol–water partition coefficient (Wildman–Crippen LogP) is 12.0. The predicted molar refractivity (Wildman–Crippen MR) is 358 cm³/mol. The number of methoxy groups -OCH3 is 1. The average molecular weight is 1260 g/mol. The summed E-state index contributed by atoms with van der Waals surface area (Å²) < 4.78 is 5.92. The van der Waals surface area contributed by atoms with E-state index in [4.69, 9.17) is 10.1 Å². The van der Waals surface area contributed by atoms with Crippen molar-refractivity contribution in [1.29, 1.82) is 0 Å². The Bertz CT molecular complexity index is 4510. The lowest BCUT2D eigenvalue weighted by Crippen LogP contribution is -2.87. The van der Waals surface area contributed by atoms with Crippen LogP contribution in [0.3, 0.4) is 0 Å². The van der Waals surface area contributed by atoms with Gasteiger partial charge in [0.25, 0.3) is 0 Å². The Hall–Kier alpha value is -6.81. The molecule has 16 aliphatic rings. The highest BCUT2D eigenvalue weighted by Gasteiger charge is 2.85. The van der Waals surface area contributed by atoms with Gasteiger partial charge in [0.1, 0.15) is 11.2 Å². The van der Waals surface area contributed by atoms with Crippen molar-refractivity contribution >= 4 is 5.78 Å². The van der Waals surface area contributed by atoms with Crippen LogP contribution in [0.2, 0.25) is 0 Å². The smallest absolute Gasteiger partial charge is 0.160 e. The number of phenols is 3. The molecule has 22 atom stereocenters. The normalized spacial score (nSPS) is 44.6. The fourth-order valence-corrected chi connectivity index (χ4v) is 28.5. The maximum atomic E-state index is 18.2. The molecule has 7 fully saturated rings. The highest BCUT2D eigenvalue weighted by Crippen LogP contribution is 2.86. The van der Waals surface area contributed by atoms with Gasteiger partial charge in [-0.15, -0.1) is 5.92 Å². The zero-order valence-electron chi connectivity index (χ0n) is 54.3. The summed E-state index contributed by atoms with van der Waals surface area (Å²) in [6.45, 7) is -0.407. The summed E-state index contributed by atoms with van der Waals surface area (Å²) in [4.78, 5) is 18.2. The van der Waals surface area contributed by atoms with Crippen molar-refractivity contribution in [2.24, 2.45) is 69.5 Å². The number of aromatic hydroxyl groups is 3. The number of phenolic OH excluding ortho intramolecular Hbond substituents is 3. The van der Waals surface area contributed by atoms with Crippen LogP contribution >= 0.6 is 0 Å². The van der Waals surface area contributed by atoms with E-state index in [9.17, 15) is 30.6 Å². The van der Waals surface area contributed by atoms with E-state index in [1.54, 1.807) is 12.1 Å². The molecule has 6 spiro atoms. The molecule has 20 rings (SSSR count). The molecule has 10 heteroatoms. The van der Waals surface area contributed by atoms with Crippen molar-refractivity contribution in [2.75, 3.05) is 7.11 Å². The van der Waals surface area contributed by atoms with Crippen LogP contribution < -0.4 is 10.1 Å². The number of piperidine rings is 1. The number of hydrogen-bond donors (Lipinski definition) is 8. The number of Topliss-reactive ketones (excluding diaryl/α,β-unsaturated/α-hetero) is 1. The lowest BCUT2D eigenvalue weighted by molar-refractivity contribution is -0.263. The summed E-state index contributed by atoms with van der Waals surface area (Å²) in [5, 5.41) is 96.4.